The molecule has 1 fully saturated rings. The highest BCUT2D eigenvalue weighted by Gasteiger charge is 2.26. The Labute approximate surface area is 122 Å². The van der Waals surface area contributed by atoms with Gasteiger partial charge in [-0.3, -0.25) is 4.79 Å². The number of halogens is 1. The highest BCUT2D eigenvalue weighted by atomic mass is 79.9. The summed E-state index contributed by atoms with van der Waals surface area (Å²) in [5, 5.41) is 0. The second-order valence-electron chi connectivity index (χ2n) is 5.24. The van der Waals surface area contributed by atoms with E-state index in [1.807, 2.05) is 6.07 Å². The number of hydrogen-bond acceptors (Lipinski definition) is 3. The van der Waals surface area contributed by atoms with Crippen LogP contribution in [0.15, 0.2) is 22.7 Å². The molecule has 0 aromatic heterocycles. The molecule has 0 radical (unpaired) electrons. The van der Waals surface area contributed by atoms with Crippen molar-refractivity contribution in [3.8, 4) is 0 Å². The van der Waals surface area contributed by atoms with E-state index in [0.717, 1.165) is 29.7 Å². The van der Waals surface area contributed by atoms with Gasteiger partial charge in [-0.2, -0.15) is 0 Å². The Balaban J connectivity index is 2.20. The zero-order chi connectivity index (χ0) is 14.0. The number of carbonyl (C=O) groups is 1. The normalized spacial score (nSPS) is 23.4. The van der Waals surface area contributed by atoms with E-state index in [2.05, 4.69) is 27.8 Å². The predicted octanol–water partition coefficient (Wildman–Crippen LogP) is 1.97. The minimum Gasteiger partial charge on any atom is -0.370 e. The molecule has 4 nitrogen and oxygen atoms in total. The smallest absolute Gasteiger partial charge is 0.248 e. The molecule has 1 aromatic rings. The molecule has 19 heavy (non-hydrogen) atoms. The fourth-order valence-electron chi connectivity index (χ4n) is 2.59. The minimum absolute atomic E-state index is 0.403. The van der Waals surface area contributed by atoms with Crippen LogP contribution in [-0.4, -0.2) is 25.5 Å². The topological polar surface area (TPSA) is 72.3 Å². The molecular weight excluding hydrogens is 306 g/mol. The summed E-state index contributed by atoms with van der Waals surface area (Å²) in [7, 11) is 0. The van der Waals surface area contributed by atoms with E-state index in [4.69, 9.17) is 11.5 Å². The van der Waals surface area contributed by atoms with E-state index in [9.17, 15) is 4.79 Å². The summed E-state index contributed by atoms with van der Waals surface area (Å²) < 4.78 is 0.911. The van der Waals surface area contributed by atoms with Gasteiger partial charge in [0.25, 0.3) is 0 Å². The molecule has 0 bridgehead atoms. The Bertz CT molecular complexity index is 478. The summed E-state index contributed by atoms with van der Waals surface area (Å²) in [6.07, 6.45) is 1.14. The highest BCUT2D eigenvalue weighted by molar-refractivity contribution is 9.10. The van der Waals surface area contributed by atoms with Gasteiger partial charge in [-0.05, 0) is 58.9 Å². The number of piperidine rings is 1. The zero-order valence-electron chi connectivity index (χ0n) is 11.1. The van der Waals surface area contributed by atoms with Crippen LogP contribution in [-0.2, 0) is 0 Å². The lowest BCUT2D eigenvalue weighted by atomic mass is 9.87. The van der Waals surface area contributed by atoms with Crippen LogP contribution in [0.2, 0.25) is 0 Å². The number of nitrogens with zero attached hydrogens (tertiary/aromatic N) is 1. The maximum atomic E-state index is 11.2. The first-order valence-electron chi connectivity index (χ1n) is 6.57. The lowest BCUT2D eigenvalue weighted by Gasteiger charge is -2.38. The largest absolute Gasteiger partial charge is 0.370 e. The number of rotatable bonds is 3. The van der Waals surface area contributed by atoms with Crippen LogP contribution in [0.5, 0.6) is 0 Å². The van der Waals surface area contributed by atoms with Crippen LogP contribution in [0, 0.1) is 11.8 Å². The van der Waals surface area contributed by atoms with Crippen molar-refractivity contribution in [3.05, 3.63) is 28.2 Å². The molecule has 1 aliphatic heterocycles. The summed E-state index contributed by atoms with van der Waals surface area (Å²) in [5.74, 6) is 0.792. The van der Waals surface area contributed by atoms with Crippen molar-refractivity contribution in [2.24, 2.45) is 23.3 Å². The second kappa shape index (κ2) is 5.92. The van der Waals surface area contributed by atoms with Crippen LogP contribution < -0.4 is 16.4 Å². The lowest BCUT2D eigenvalue weighted by Crippen LogP contribution is -2.42. The molecule has 2 unspecified atom stereocenters. The molecule has 4 N–H and O–H groups in total. The average molecular weight is 326 g/mol. The summed E-state index contributed by atoms with van der Waals surface area (Å²) in [4.78, 5) is 13.5. The van der Waals surface area contributed by atoms with Gasteiger partial charge in [0.15, 0.2) is 0 Å². The zero-order valence-corrected chi connectivity index (χ0v) is 12.7. The van der Waals surface area contributed by atoms with Crippen LogP contribution in [0.25, 0.3) is 0 Å². The van der Waals surface area contributed by atoms with Crippen LogP contribution in [0.1, 0.15) is 23.7 Å². The monoisotopic (exact) mass is 325 g/mol. The van der Waals surface area contributed by atoms with Crippen molar-refractivity contribution >= 4 is 27.5 Å². The fraction of sp³-hybridized carbons (Fsp3) is 0.500. The van der Waals surface area contributed by atoms with Crippen molar-refractivity contribution in [1.29, 1.82) is 0 Å². The average Bonchev–Trinajstić information content (AvgIpc) is 2.39. The van der Waals surface area contributed by atoms with E-state index >= 15 is 0 Å². The molecule has 1 amide bonds. The van der Waals surface area contributed by atoms with E-state index in [-0.39, 0.29) is 0 Å². The number of hydrogen-bond donors (Lipinski definition) is 2. The van der Waals surface area contributed by atoms with Gasteiger partial charge >= 0.3 is 0 Å². The third kappa shape index (κ3) is 3.09. The first-order valence-corrected chi connectivity index (χ1v) is 7.36. The summed E-state index contributed by atoms with van der Waals surface area (Å²) in [5.41, 5.74) is 12.8. The minimum atomic E-state index is -0.403. The number of benzene rings is 1. The van der Waals surface area contributed by atoms with E-state index in [1.165, 1.54) is 0 Å². The van der Waals surface area contributed by atoms with Crippen molar-refractivity contribution in [3.63, 3.8) is 0 Å². The van der Waals surface area contributed by atoms with E-state index < -0.39 is 5.91 Å². The van der Waals surface area contributed by atoms with Gasteiger partial charge < -0.3 is 16.4 Å². The van der Waals surface area contributed by atoms with Crippen LogP contribution in [0.3, 0.4) is 0 Å². The molecule has 0 spiro atoms. The highest BCUT2D eigenvalue weighted by Crippen LogP contribution is 2.32. The Morgan fingerprint density at radius 3 is 2.84 bits per heavy atom. The first-order chi connectivity index (χ1) is 9.02. The summed E-state index contributed by atoms with van der Waals surface area (Å²) in [6.45, 7) is 4.97. The summed E-state index contributed by atoms with van der Waals surface area (Å²) >= 11 is 3.53. The Hall–Kier alpha value is -1.07. The van der Waals surface area contributed by atoms with Crippen molar-refractivity contribution in [2.45, 2.75) is 13.3 Å². The molecule has 1 heterocycles. The standard InChI is InChI=1S/C14H20BrN3O/c1-9-4-5-18(8-11(9)7-16)13-3-2-10(14(17)19)6-12(13)15/h2-3,6,9,11H,4-5,7-8,16H2,1H3,(H2,17,19). The van der Waals surface area contributed by atoms with E-state index in [0.29, 0.717) is 23.9 Å². The predicted molar refractivity (Wildman–Crippen MR) is 81.2 cm³/mol. The van der Waals surface area contributed by atoms with Crippen molar-refractivity contribution in [1.82, 2.24) is 0 Å². The molecule has 2 atom stereocenters. The quantitative estimate of drug-likeness (QED) is 0.892. The Kier molecular flexibility index (Phi) is 4.47. The molecule has 0 aliphatic carbocycles. The third-order valence-corrected chi connectivity index (χ3v) is 4.62. The van der Waals surface area contributed by atoms with Gasteiger partial charge in [-0.1, -0.05) is 6.92 Å². The molecule has 1 aromatic carbocycles. The Morgan fingerprint density at radius 2 is 2.26 bits per heavy atom. The molecule has 1 saturated heterocycles. The number of carbonyl (C=O) groups excluding carboxylic acids is 1. The van der Waals surface area contributed by atoms with Gasteiger partial charge in [0.05, 0.1) is 5.69 Å². The second-order valence-corrected chi connectivity index (χ2v) is 6.09. The Morgan fingerprint density at radius 1 is 1.53 bits per heavy atom. The van der Waals surface area contributed by atoms with Gasteiger partial charge in [0.2, 0.25) is 5.91 Å². The van der Waals surface area contributed by atoms with Gasteiger partial charge in [0.1, 0.15) is 0 Å². The van der Waals surface area contributed by atoms with Gasteiger partial charge in [-0.15, -0.1) is 0 Å². The van der Waals surface area contributed by atoms with Gasteiger partial charge in [0, 0.05) is 23.1 Å². The van der Waals surface area contributed by atoms with Crippen molar-refractivity contribution in [2.75, 3.05) is 24.5 Å². The molecular formula is C14H20BrN3O. The van der Waals surface area contributed by atoms with Crippen LogP contribution in [0.4, 0.5) is 5.69 Å². The lowest BCUT2D eigenvalue weighted by molar-refractivity contribution is 0.100. The van der Waals surface area contributed by atoms with Crippen molar-refractivity contribution < 1.29 is 4.79 Å². The molecule has 2 rings (SSSR count). The molecule has 104 valence electrons. The number of anilines is 1. The fourth-order valence-corrected chi connectivity index (χ4v) is 3.22. The van der Waals surface area contributed by atoms with E-state index in [1.54, 1.807) is 12.1 Å². The number of nitrogens with two attached hydrogens (primary N) is 2. The molecule has 5 heteroatoms. The maximum absolute atomic E-state index is 11.2. The van der Waals surface area contributed by atoms with Crippen LogP contribution >= 0.6 is 15.9 Å². The third-order valence-electron chi connectivity index (χ3n) is 3.99. The summed E-state index contributed by atoms with van der Waals surface area (Å²) in [6, 6.07) is 5.51. The number of amides is 1. The maximum Gasteiger partial charge on any atom is 0.248 e. The SMILES string of the molecule is CC1CCN(c2ccc(C(N)=O)cc2Br)CC1CN. The van der Waals surface area contributed by atoms with Gasteiger partial charge in [-0.25, -0.2) is 0 Å². The molecule has 0 saturated carbocycles. The molecule has 1 aliphatic rings. The number of primary amides is 1. The first kappa shape index (κ1) is 14.3.